The number of nitrogens with zero attached hydrogens (tertiary/aromatic N) is 2. The van der Waals surface area contributed by atoms with E-state index < -0.39 is 83.7 Å². The number of nitrogens with two attached hydrogens (primary N) is 1. The van der Waals surface area contributed by atoms with E-state index >= 15 is 0 Å². The number of unbranched alkanes of at least 4 members (excludes halogenated alkanes) is 3. The first-order chi connectivity index (χ1) is 37.2. The summed E-state index contributed by atoms with van der Waals surface area (Å²) in [4.78, 5) is 102. The monoisotopic (exact) mass is 1060 g/mol. The number of aryl methyl sites for hydroxylation is 1. The van der Waals surface area contributed by atoms with E-state index in [-0.39, 0.29) is 69.6 Å². The van der Waals surface area contributed by atoms with Gasteiger partial charge in [0.2, 0.25) is 35.4 Å². The van der Waals surface area contributed by atoms with Crippen LogP contribution in [-0.2, 0) is 35.2 Å². The number of benzene rings is 4. The van der Waals surface area contributed by atoms with Gasteiger partial charge in [-0.25, -0.2) is 0 Å². The summed E-state index contributed by atoms with van der Waals surface area (Å²) in [6.07, 6.45) is 5.85. The van der Waals surface area contributed by atoms with Crippen LogP contribution in [-0.4, -0.2) is 137 Å². The Morgan fingerprint density at radius 2 is 1.25 bits per heavy atom. The minimum Gasteiger partial charge on any atom is -0.508 e. The predicted molar refractivity (Wildman–Crippen MR) is 292 cm³/mol. The molecule has 7 rings (SSSR count). The van der Waals surface area contributed by atoms with E-state index in [1.165, 1.54) is 41.7 Å². The highest BCUT2D eigenvalue weighted by molar-refractivity contribution is 6.00. The molecule has 0 aliphatic carbocycles. The number of phenolic OH excluding ortho intramolecular Hbond substituents is 1. The van der Waals surface area contributed by atoms with E-state index in [9.17, 15) is 43.8 Å². The number of nitrogens with one attached hydrogen (secondary N) is 5. The fourth-order valence-corrected chi connectivity index (χ4v) is 10.3. The summed E-state index contributed by atoms with van der Waals surface area (Å²) >= 11 is 0. The van der Waals surface area contributed by atoms with Gasteiger partial charge in [0.05, 0.1) is 12.7 Å². The third-order valence-electron chi connectivity index (χ3n) is 14.7. The molecule has 0 aromatic heterocycles. The molecular formula is C59H76N8O10. The number of rotatable bonds is 17. The SMILES string of the molecule is CCCCCCOc1ccc(-c2ccc(-c3ccc(C(=O)N[C@H]4CCCNC(=O)[C@@H]5CCCN5C(=O)[C@H](CCCN)NC(=O)[C@H](CCc5ccc(O)cc5)NC(=O)[C@@H]5CCCN5C(=O)[C@H]([C@@H](C)O)NC4=O)cc3)cc2)cc1. The van der Waals surface area contributed by atoms with Gasteiger partial charge in [0.15, 0.2) is 0 Å². The van der Waals surface area contributed by atoms with Crippen LogP contribution in [0.4, 0.5) is 0 Å². The zero-order valence-electron chi connectivity index (χ0n) is 44.3. The Morgan fingerprint density at radius 1 is 0.662 bits per heavy atom. The Bertz CT molecular complexity index is 2630. The number of ether oxygens (including phenoxy) is 1. The zero-order valence-corrected chi connectivity index (χ0v) is 44.3. The van der Waals surface area contributed by atoms with Crippen molar-refractivity contribution in [3.05, 3.63) is 108 Å². The number of hydrogen-bond acceptors (Lipinski definition) is 11. The minimum atomic E-state index is -1.52. The lowest BCUT2D eigenvalue weighted by atomic mass is 9.99. The fraction of sp³-hybridized carbons (Fsp3) is 0.475. The molecule has 77 heavy (non-hydrogen) atoms. The molecule has 4 aromatic carbocycles. The quantitative estimate of drug-likeness (QED) is 0.0661. The molecule has 3 aliphatic rings. The number of carbonyl (C=O) groups is 7. The Labute approximate surface area is 451 Å². The van der Waals surface area contributed by atoms with Crippen LogP contribution in [0.5, 0.6) is 11.5 Å². The van der Waals surface area contributed by atoms with Crippen LogP contribution in [0, 0.1) is 0 Å². The molecule has 7 atom stereocenters. The molecule has 3 fully saturated rings. The van der Waals surface area contributed by atoms with Crippen LogP contribution in [0.2, 0.25) is 0 Å². The molecule has 7 amide bonds. The van der Waals surface area contributed by atoms with Crippen LogP contribution < -0.4 is 37.1 Å². The van der Waals surface area contributed by atoms with Gasteiger partial charge in [-0.2, -0.15) is 0 Å². The van der Waals surface area contributed by atoms with Crippen LogP contribution in [0.1, 0.15) is 113 Å². The highest BCUT2D eigenvalue weighted by Crippen LogP contribution is 2.28. The van der Waals surface area contributed by atoms with Crippen molar-refractivity contribution in [2.24, 2.45) is 5.73 Å². The minimum absolute atomic E-state index is 0.0125. The average Bonchev–Trinajstić information content (AvgIpc) is 4.15. The van der Waals surface area contributed by atoms with Gasteiger partial charge in [0.1, 0.15) is 47.8 Å². The van der Waals surface area contributed by atoms with Crippen molar-refractivity contribution in [3.63, 3.8) is 0 Å². The van der Waals surface area contributed by atoms with Gasteiger partial charge in [-0.15, -0.1) is 0 Å². The van der Waals surface area contributed by atoms with Gasteiger partial charge in [-0.1, -0.05) is 86.8 Å². The molecule has 3 aliphatic heterocycles. The topological polar surface area (TPSA) is 262 Å². The van der Waals surface area contributed by atoms with Crippen molar-refractivity contribution in [2.75, 3.05) is 32.8 Å². The van der Waals surface area contributed by atoms with Crippen molar-refractivity contribution >= 4 is 41.4 Å². The van der Waals surface area contributed by atoms with Crippen molar-refractivity contribution < 1.29 is 48.5 Å². The average molecular weight is 1060 g/mol. The van der Waals surface area contributed by atoms with Gasteiger partial charge in [-0.05, 0) is 148 Å². The van der Waals surface area contributed by atoms with E-state index in [0.717, 1.165) is 46.4 Å². The highest BCUT2D eigenvalue weighted by atomic mass is 16.5. The van der Waals surface area contributed by atoms with Gasteiger partial charge in [0, 0.05) is 25.2 Å². The van der Waals surface area contributed by atoms with Crippen LogP contribution in [0.15, 0.2) is 97.1 Å². The smallest absolute Gasteiger partial charge is 0.251 e. The molecule has 9 N–H and O–H groups in total. The lowest BCUT2D eigenvalue weighted by molar-refractivity contribution is -0.144. The van der Waals surface area contributed by atoms with E-state index in [1.54, 1.807) is 24.3 Å². The normalized spacial score (nSPS) is 22.4. The van der Waals surface area contributed by atoms with E-state index in [0.29, 0.717) is 38.7 Å². The summed E-state index contributed by atoms with van der Waals surface area (Å²) in [7, 11) is 0. The Balaban J connectivity index is 1.08. The molecule has 18 heteroatoms. The molecule has 0 saturated carbocycles. The van der Waals surface area contributed by atoms with Crippen LogP contribution >= 0.6 is 0 Å². The third-order valence-corrected chi connectivity index (χ3v) is 14.7. The number of aliphatic hydroxyl groups is 1. The molecule has 4 aromatic rings. The number of aliphatic hydroxyl groups excluding tert-OH is 1. The van der Waals surface area contributed by atoms with Gasteiger partial charge >= 0.3 is 0 Å². The predicted octanol–water partition coefficient (Wildman–Crippen LogP) is 4.88. The fourth-order valence-electron chi connectivity index (χ4n) is 10.3. The van der Waals surface area contributed by atoms with E-state index in [2.05, 4.69) is 33.5 Å². The summed E-state index contributed by atoms with van der Waals surface area (Å²) in [5, 5.41) is 35.0. The van der Waals surface area contributed by atoms with Crippen LogP contribution in [0.3, 0.4) is 0 Å². The first-order valence-electron chi connectivity index (χ1n) is 27.4. The zero-order chi connectivity index (χ0) is 54.8. The summed E-state index contributed by atoms with van der Waals surface area (Å²) < 4.78 is 5.91. The molecule has 18 nitrogen and oxygen atoms in total. The Hall–Kier alpha value is -7.31. The first kappa shape index (κ1) is 57.4. The highest BCUT2D eigenvalue weighted by Gasteiger charge is 2.42. The van der Waals surface area contributed by atoms with Crippen molar-refractivity contribution in [3.8, 4) is 33.8 Å². The summed E-state index contributed by atoms with van der Waals surface area (Å²) in [5.41, 5.74) is 10.8. The van der Waals surface area contributed by atoms with Gasteiger partial charge in [-0.3, -0.25) is 33.6 Å². The number of carbonyl (C=O) groups excluding carboxylic acids is 7. The number of hydrogen-bond donors (Lipinski definition) is 8. The first-order valence-corrected chi connectivity index (χ1v) is 27.4. The van der Waals surface area contributed by atoms with E-state index in [1.807, 2.05) is 60.7 Å². The Kier molecular flexibility index (Phi) is 21.0. The van der Waals surface area contributed by atoms with Crippen molar-refractivity contribution in [1.29, 1.82) is 0 Å². The second kappa shape index (κ2) is 28.2. The van der Waals surface area contributed by atoms with Crippen molar-refractivity contribution in [1.82, 2.24) is 36.4 Å². The molecule has 0 spiro atoms. The maximum Gasteiger partial charge on any atom is 0.251 e. The molecule has 3 saturated heterocycles. The third kappa shape index (κ3) is 15.7. The molecule has 412 valence electrons. The molecule has 0 radical (unpaired) electrons. The van der Waals surface area contributed by atoms with Gasteiger partial charge < -0.3 is 57.1 Å². The maximum absolute atomic E-state index is 14.4. The van der Waals surface area contributed by atoms with Crippen LogP contribution in [0.25, 0.3) is 22.3 Å². The van der Waals surface area contributed by atoms with Gasteiger partial charge in [0.25, 0.3) is 5.91 Å². The van der Waals surface area contributed by atoms with E-state index in [4.69, 9.17) is 10.5 Å². The second-order valence-corrected chi connectivity index (χ2v) is 20.4. The molecule has 0 unspecified atom stereocenters. The molecule has 0 bridgehead atoms. The summed E-state index contributed by atoms with van der Waals surface area (Å²) in [5.74, 6) is -3.33. The lowest BCUT2D eigenvalue weighted by Gasteiger charge is -2.32. The number of amides is 7. The molecule has 3 heterocycles. The summed E-state index contributed by atoms with van der Waals surface area (Å²) in [6.45, 7) is 4.92. The van der Waals surface area contributed by atoms with Crippen molar-refractivity contribution in [2.45, 2.75) is 146 Å². The maximum atomic E-state index is 14.4. The second-order valence-electron chi connectivity index (χ2n) is 20.4. The number of aromatic hydroxyl groups is 1. The Morgan fingerprint density at radius 3 is 1.86 bits per heavy atom. The summed E-state index contributed by atoms with van der Waals surface area (Å²) in [6, 6.07) is 22.5. The number of phenols is 1. The molecular weight excluding hydrogens is 981 g/mol. The lowest BCUT2D eigenvalue weighted by Crippen LogP contribution is -2.61. The largest absolute Gasteiger partial charge is 0.508 e. The number of fused-ring (bicyclic) bond motifs is 2. The standard InChI is InChI=1S/C59H76N8O10/c1-3-4-5-6-37-77-46-30-26-43(27-31-46)41-20-18-40(19-21-41)42-22-24-44(25-23-42)53(70)62-47-12-8-34-61-56(73)50-13-9-35-66(50)58(75)49(11-7-33-60)64-54(71)48(32-17-39-15-28-45(69)29-16-39)63-57(74)51-14-10-36-67(51)59(76)52(38(2)68)65-55(47)72/h15-16,18-31,38,47-52,68-69H,3-14,17,32-37,60H2,1-2H3,(H,61,73)(H,62,70)(H,63,74)(H,64,71)(H,65,72)/t38-,47+,48+,49+,50+,51+,52+/m1/s1.